The molecule has 0 saturated carbocycles. The van der Waals surface area contributed by atoms with Gasteiger partial charge in [-0.25, -0.2) is 8.42 Å². The van der Waals surface area contributed by atoms with Crippen molar-refractivity contribution in [1.82, 2.24) is 4.31 Å². The smallest absolute Gasteiger partial charge is 0.252 e. The molecule has 2 unspecified atom stereocenters. The molecule has 4 nitrogen and oxygen atoms in total. The van der Waals surface area contributed by atoms with Gasteiger partial charge in [0.15, 0.2) is 0 Å². The van der Waals surface area contributed by atoms with Gasteiger partial charge in [0, 0.05) is 13.1 Å². The summed E-state index contributed by atoms with van der Waals surface area (Å²) in [6.45, 7) is 2.58. The number of rotatable bonds is 2. The van der Waals surface area contributed by atoms with Gasteiger partial charge in [-0.3, -0.25) is 0 Å². The van der Waals surface area contributed by atoms with Crippen LogP contribution in [0.15, 0.2) is 16.3 Å². The molecule has 1 fully saturated rings. The number of piperidine rings is 1. The maximum Gasteiger partial charge on any atom is 0.252 e. The van der Waals surface area contributed by atoms with Crippen molar-refractivity contribution in [2.45, 2.75) is 23.7 Å². The fourth-order valence-electron chi connectivity index (χ4n) is 1.88. The van der Waals surface area contributed by atoms with Crippen molar-refractivity contribution in [2.75, 3.05) is 13.1 Å². The van der Waals surface area contributed by atoms with Crippen LogP contribution in [-0.2, 0) is 10.0 Å². The lowest BCUT2D eigenvalue weighted by Gasteiger charge is -2.33. The van der Waals surface area contributed by atoms with Crippen LogP contribution in [0.25, 0.3) is 0 Å². The molecule has 1 aliphatic rings. The predicted molar refractivity (Wildman–Crippen MR) is 67.9 cm³/mol. The van der Waals surface area contributed by atoms with E-state index in [2.05, 4.69) is 0 Å². The van der Waals surface area contributed by atoms with E-state index in [9.17, 15) is 13.5 Å². The minimum atomic E-state index is -3.44. The number of hydrogen-bond donors (Lipinski definition) is 1. The lowest BCUT2D eigenvalue weighted by atomic mass is 9.99. The molecule has 1 aromatic rings. The average molecular weight is 296 g/mol. The summed E-state index contributed by atoms with van der Waals surface area (Å²) in [4.78, 5) is 0. The van der Waals surface area contributed by atoms with E-state index in [1.54, 1.807) is 6.07 Å². The SMILES string of the molecule is CC1CN(S(=O)(=O)c2ccc(Cl)s2)CCC1O. The zero-order valence-electron chi connectivity index (χ0n) is 9.34. The Balaban J connectivity index is 2.22. The molecule has 96 valence electrons. The Morgan fingerprint density at radius 2 is 2.24 bits per heavy atom. The summed E-state index contributed by atoms with van der Waals surface area (Å²) in [5.41, 5.74) is 0. The molecule has 1 saturated heterocycles. The van der Waals surface area contributed by atoms with Crippen LogP contribution >= 0.6 is 22.9 Å². The summed E-state index contributed by atoms with van der Waals surface area (Å²) in [6.07, 6.45) is 0.0767. The van der Waals surface area contributed by atoms with E-state index < -0.39 is 16.1 Å². The maximum atomic E-state index is 12.2. The molecule has 7 heteroatoms. The van der Waals surface area contributed by atoms with Gasteiger partial charge in [0.1, 0.15) is 4.21 Å². The van der Waals surface area contributed by atoms with Crippen molar-refractivity contribution in [2.24, 2.45) is 5.92 Å². The van der Waals surface area contributed by atoms with E-state index in [0.717, 1.165) is 11.3 Å². The third kappa shape index (κ3) is 2.66. The molecule has 1 aliphatic heterocycles. The van der Waals surface area contributed by atoms with Crippen LogP contribution in [0.3, 0.4) is 0 Å². The Hall–Kier alpha value is -0.140. The topological polar surface area (TPSA) is 57.6 Å². The van der Waals surface area contributed by atoms with Crippen molar-refractivity contribution in [3.63, 3.8) is 0 Å². The first kappa shape index (κ1) is 13.3. The first-order chi connectivity index (χ1) is 7.91. The highest BCUT2D eigenvalue weighted by Crippen LogP contribution is 2.30. The summed E-state index contributed by atoms with van der Waals surface area (Å²) in [6, 6.07) is 3.11. The van der Waals surface area contributed by atoms with E-state index >= 15 is 0 Å². The van der Waals surface area contributed by atoms with Crippen molar-refractivity contribution >= 4 is 33.0 Å². The third-order valence-corrected chi connectivity index (χ3v) is 6.53. The normalized spacial score (nSPS) is 27.2. The number of hydrogen-bond acceptors (Lipinski definition) is 4. The van der Waals surface area contributed by atoms with Crippen molar-refractivity contribution in [3.05, 3.63) is 16.5 Å². The number of aliphatic hydroxyl groups excluding tert-OH is 1. The Labute approximate surface area is 110 Å². The molecular weight excluding hydrogens is 282 g/mol. The molecule has 17 heavy (non-hydrogen) atoms. The van der Waals surface area contributed by atoms with E-state index in [-0.39, 0.29) is 10.1 Å². The molecule has 1 N–H and O–H groups in total. The second kappa shape index (κ2) is 4.85. The first-order valence-corrected chi connectivity index (χ1v) is 7.98. The Morgan fingerprint density at radius 3 is 2.76 bits per heavy atom. The standard InChI is InChI=1S/C10H14ClNO3S2/c1-7-6-12(5-4-8(7)13)17(14,15)10-3-2-9(11)16-10/h2-3,7-8,13H,4-6H2,1H3. The minimum Gasteiger partial charge on any atom is -0.393 e. The molecular formula is C10H14ClNO3S2. The molecule has 0 bridgehead atoms. The summed E-state index contributed by atoms with van der Waals surface area (Å²) in [7, 11) is -3.44. The summed E-state index contributed by atoms with van der Waals surface area (Å²) >= 11 is 6.82. The average Bonchev–Trinajstić information content (AvgIpc) is 2.69. The number of halogens is 1. The fourth-order valence-corrected chi connectivity index (χ4v) is 5.07. The second-order valence-electron chi connectivity index (χ2n) is 4.25. The lowest BCUT2D eigenvalue weighted by Crippen LogP contribution is -2.44. The predicted octanol–water partition coefficient (Wildman–Crippen LogP) is 1.79. The highest BCUT2D eigenvalue weighted by Gasteiger charge is 2.33. The molecule has 0 radical (unpaired) electrons. The molecule has 0 amide bonds. The Bertz CT molecular complexity index is 499. The number of aliphatic hydroxyl groups is 1. The van der Waals surface area contributed by atoms with Gasteiger partial charge in [-0.1, -0.05) is 18.5 Å². The van der Waals surface area contributed by atoms with Gasteiger partial charge in [-0.15, -0.1) is 11.3 Å². The monoisotopic (exact) mass is 295 g/mol. The zero-order chi connectivity index (χ0) is 12.6. The third-order valence-electron chi connectivity index (χ3n) is 2.97. The van der Waals surface area contributed by atoms with E-state index in [1.807, 2.05) is 6.92 Å². The van der Waals surface area contributed by atoms with Crippen LogP contribution in [0.4, 0.5) is 0 Å². The van der Waals surface area contributed by atoms with Gasteiger partial charge in [-0.2, -0.15) is 4.31 Å². The van der Waals surface area contributed by atoms with E-state index in [1.165, 1.54) is 10.4 Å². The molecule has 0 aliphatic carbocycles. The van der Waals surface area contributed by atoms with E-state index in [0.29, 0.717) is 23.8 Å². The van der Waals surface area contributed by atoms with Crippen LogP contribution in [0, 0.1) is 5.92 Å². The van der Waals surface area contributed by atoms with Gasteiger partial charge in [-0.05, 0) is 24.5 Å². The number of sulfonamides is 1. The molecule has 2 heterocycles. The Kier molecular flexibility index (Phi) is 3.80. The molecule has 2 rings (SSSR count). The van der Waals surface area contributed by atoms with Gasteiger partial charge in [0.2, 0.25) is 0 Å². The number of nitrogens with zero attached hydrogens (tertiary/aromatic N) is 1. The second-order valence-corrected chi connectivity index (χ2v) is 8.13. The highest BCUT2D eigenvalue weighted by atomic mass is 35.5. The van der Waals surface area contributed by atoms with Gasteiger partial charge < -0.3 is 5.11 Å². The molecule has 1 aromatic heterocycles. The van der Waals surface area contributed by atoms with Gasteiger partial charge >= 0.3 is 0 Å². The molecule has 2 atom stereocenters. The Morgan fingerprint density at radius 1 is 1.53 bits per heavy atom. The van der Waals surface area contributed by atoms with Crippen LogP contribution in [0.5, 0.6) is 0 Å². The fraction of sp³-hybridized carbons (Fsp3) is 0.600. The lowest BCUT2D eigenvalue weighted by molar-refractivity contribution is 0.0629. The number of thiophene rings is 1. The summed E-state index contributed by atoms with van der Waals surface area (Å²) < 4.78 is 26.7. The molecule has 0 spiro atoms. The molecule has 0 aromatic carbocycles. The van der Waals surface area contributed by atoms with E-state index in [4.69, 9.17) is 11.6 Å². The summed E-state index contributed by atoms with van der Waals surface area (Å²) in [5, 5.41) is 9.60. The highest BCUT2D eigenvalue weighted by molar-refractivity contribution is 7.91. The van der Waals surface area contributed by atoms with Crippen molar-refractivity contribution < 1.29 is 13.5 Å². The van der Waals surface area contributed by atoms with Crippen LogP contribution in [-0.4, -0.2) is 37.0 Å². The minimum absolute atomic E-state index is 0.0334. The zero-order valence-corrected chi connectivity index (χ0v) is 11.7. The van der Waals surface area contributed by atoms with Gasteiger partial charge in [0.25, 0.3) is 10.0 Å². The summed E-state index contributed by atoms with van der Waals surface area (Å²) in [5.74, 6) is -0.0334. The van der Waals surface area contributed by atoms with Crippen LogP contribution in [0.2, 0.25) is 4.34 Å². The quantitative estimate of drug-likeness (QED) is 0.905. The van der Waals surface area contributed by atoms with Crippen LogP contribution in [0.1, 0.15) is 13.3 Å². The van der Waals surface area contributed by atoms with Gasteiger partial charge in [0.05, 0.1) is 10.4 Å². The van der Waals surface area contributed by atoms with Crippen molar-refractivity contribution in [1.29, 1.82) is 0 Å². The maximum absolute atomic E-state index is 12.2. The van der Waals surface area contributed by atoms with Crippen LogP contribution < -0.4 is 0 Å². The largest absolute Gasteiger partial charge is 0.393 e. The first-order valence-electron chi connectivity index (χ1n) is 5.35. The van der Waals surface area contributed by atoms with Crippen molar-refractivity contribution in [3.8, 4) is 0 Å².